The van der Waals surface area contributed by atoms with Gasteiger partial charge in [0.15, 0.2) is 0 Å². The van der Waals surface area contributed by atoms with Crippen LogP contribution in [0.3, 0.4) is 0 Å². The molecule has 0 bridgehead atoms. The Kier molecular flexibility index (Phi) is 4.00. The number of aliphatic hydroxyl groups excluding tert-OH is 1. The highest BCUT2D eigenvalue weighted by atomic mass is 16.5. The fourth-order valence-corrected chi connectivity index (χ4v) is 1.88. The number of likely N-dealkylation sites (tertiary alicyclic amines) is 1. The van der Waals surface area contributed by atoms with E-state index in [2.05, 4.69) is 4.74 Å². The van der Waals surface area contributed by atoms with Crippen molar-refractivity contribution in [3.63, 3.8) is 0 Å². The summed E-state index contributed by atoms with van der Waals surface area (Å²) in [6.07, 6.45) is 0.556. The first-order valence-corrected chi connectivity index (χ1v) is 5.07. The summed E-state index contributed by atoms with van der Waals surface area (Å²) in [4.78, 5) is 34.4. The third kappa shape index (κ3) is 2.38. The zero-order chi connectivity index (χ0) is 12.2. The number of rotatable bonds is 6. The molecule has 0 aromatic rings. The quantitative estimate of drug-likeness (QED) is 0.488. The summed E-state index contributed by atoms with van der Waals surface area (Å²) in [5.41, 5.74) is -0.944. The predicted molar refractivity (Wildman–Crippen MR) is 53.2 cm³/mol. The maximum Gasteiger partial charge on any atom is 0.293 e. The number of hydrogen-bond acceptors (Lipinski definition) is 5. The Morgan fingerprint density at radius 1 is 1.44 bits per heavy atom. The molecule has 1 saturated heterocycles. The molecule has 0 radical (unpaired) electrons. The summed E-state index contributed by atoms with van der Waals surface area (Å²) in [5, 5.41) is 8.94. The highest BCUT2D eigenvalue weighted by Gasteiger charge is 2.43. The number of carbonyl (C=O) groups excluding carboxylic acids is 3. The molecule has 1 aliphatic heterocycles. The van der Waals surface area contributed by atoms with E-state index in [9.17, 15) is 14.4 Å². The van der Waals surface area contributed by atoms with Gasteiger partial charge < -0.3 is 9.84 Å². The van der Waals surface area contributed by atoms with Gasteiger partial charge in [-0.3, -0.25) is 19.3 Å². The predicted octanol–water partition coefficient (Wildman–Crippen LogP) is -0.550. The van der Waals surface area contributed by atoms with E-state index in [1.165, 1.54) is 0 Å². The van der Waals surface area contributed by atoms with Gasteiger partial charge in [-0.25, -0.2) is 0 Å². The Labute approximate surface area is 93.2 Å². The van der Waals surface area contributed by atoms with Crippen molar-refractivity contribution in [2.24, 2.45) is 0 Å². The number of aliphatic hydroxyl groups is 1. The first kappa shape index (κ1) is 12.6. The molecule has 1 fully saturated rings. The number of nitrogens with zero attached hydrogens (tertiary/aromatic N) is 1. The third-order valence-electron chi connectivity index (χ3n) is 2.70. The van der Waals surface area contributed by atoms with Gasteiger partial charge in [0.2, 0.25) is 11.8 Å². The number of carbonyl (C=O) groups is 3. The van der Waals surface area contributed by atoms with Crippen LogP contribution in [0.1, 0.15) is 26.2 Å². The molecule has 6 nitrogen and oxygen atoms in total. The second-order valence-electron chi connectivity index (χ2n) is 4.00. The molecular formula is C10H15NO5. The van der Waals surface area contributed by atoms with Crippen molar-refractivity contribution in [1.82, 2.24) is 4.90 Å². The maximum absolute atomic E-state index is 11.5. The molecular weight excluding hydrogens is 214 g/mol. The molecule has 0 aromatic heterocycles. The van der Waals surface area contributed by atoms with Crippen LogP contribution in [0.5, 0.6) is 0 Å². The number of imide groups is 1. The van der Waals surface area contributed by atoms with E-state index in [4.69, 9.17) is 5.11 Å². The summed E-state index contributed by atoms with van der Waals surface area (Å²) >= 11 is 0. The highest BCUT2D eigenvalue weighted by Crippen LogP contribution is 2.26. The van der Waals surface area contributed by atoms with E-state index >= 15 is 0 Å². The lowest BCUT2D eigenvalue weighted by molar-refractivity contribution is -0.152. The molecule has 0 aliphatic carbocycles. The second-order valence-corrected chi connectivity index (χ2v) is 4.00. The van der Waals surface area contributed by atoms with Crippen molar-refractivity contribution in [2.75, 3.05) is 13.2 Å². The molecule has 1 N–H and O–H groups in total. The lowest BCUT2D eigenvalue weighted by atomic mass is 9.97. The van der Waals surface area contributed by atoms with Crippen LogP contribution in [0.15, 0.2) is 0 Å². The first-order valence-electron chi connectivity index (χ1n) is 5.07. The van der Waals surface area contributed by atoms with Gasteiger partial charge in [0.05, 0.1) is 5.54 Å². The molecule has 0 spiro atoms. The molecule has 1 rings (SSSR count). The molecule has 0 aromatic carbocycles. The second kappa shape index (κ2) is 5.07. The fourth-order valence-electron chi connectivity index (χ4n) is 1.88. The Bertz CT molecular complexity index is 288. The van der Waals surface area contributed by atoms with E-state index in [-0.39, 0.29) is 50.8 Å². The minimum Gasteiger partial charge on any atom is -0.465 e. The van der Waals surface area contributed by atoms with Crippen LogP contribution in [-0.4, -0.2) is 47.0 Å². The van der Waals surface area contributed by atoms with Gasteiger partial charge in [0, 0.05) is 19.4 Å². The van der Waals surface area contributed by atoms with E-state index < -0.39 is 5.54 Å². The lowest BCUT2D eigenvalue weighted by Gasteiger charge is -2.35. The summed E-state index contributed by atoms with van der Waals surface area (Å²) < 4.78 is 4.62. The Morgan fingerprint density at radius 2 is 2.00 bits per heavy atom. The van der Waals surface area contributed by atoms with Gasteiger partial charge in [-0.15, -0.1) is 0 Å². The average Bonchev–Trinajstić information content (AvgIpc) is 2.56. The van der Waals surface area contributed by atoms with E-state index in [1.54, 1.807) is 6.92 Å². The van der Waals surface area contributed by atoms with Crippen molar-refractivity contribution in [2.45, 2.75) is 31.7 Å². The standard InChI is InChI=1S/C10H15NO5/c1-10(4-5-12,6-16-7-13)11-8(14)2-3-9(11)15/h7,12H,2-6H2,1H3. The van der Waals surface area contributed by atoms with Gasteiger partial charge in [-0.1, -0.05) is 0 Å². The zero-order valence-corrected chi connectivity index (χ0v) is 9.14. The molecule has 6 heteroatoms. The molecule has 16 heavy (non-hydrogen) atoms. The smallest absolute Gasteiger partial charge is 0.293 e. The zero-order valence-electron chi connectivity index (χ0n) is 9.14. The van der Waals surface area contributed by atoms with E-state index in [0.717, 1.165) is 4.90 Å². The topological polar surface area (TPSA) is 83.9 Å². The summed E-state index contributed by atoms with van der Waals surface area (Å²) in [6, 6.07) is 0. The van der Waals surface area contributed by atoms with Crippen molar-refractivity contribution < 1.29 is 24.2 Å². The van der Waals surface area contributed by atoms with Crippen LogP contribution in [0.25, 0.3) is 0 Å². The third-order valence-corrected chi connectivity index (χ3v) is 2.70. The summed E-state index contributed by atoms with van der Waals surface area (Å²) in [7, 11) is 0. The SMILES string of the molecule is CC(CCO)(COC=O)N1C(=O)CCC1=O. The Balaban J connectivity index is 2.85. The van der Waals surface area contributed by atoms with Crippen LogP contribution in [0, 0.1) is 0 Å². The number of ether oxygens (including phenoxy) is 1. The number of amides is 2. The van der Waals surface area contributed by atoms with E-state index in [0.29, 0.717) is 0 Å². The van der Waals surface area contributed by atoms with Crippen molar-refractivity contribution in [1.29, 1.82) is 0 Å². The summed E-state index contributed by atoms with van der Waals surface area (Å²) in [5.74, 6) is -0.564. The minimum atomic E-state index is -0.944. The first-order chi connectivity index (χ1) is 7.55. The van der Waals surface area contributed by atoms with Gasteiger partial charge >= 0.3 is 0 Å². The largest absolute Gasteiger partial charge is 0.465 e. The fraction of sp³-hybridized carbons (Fsp3) is 0.700. The number of hydrogen-bond donors (Lipinski definition) is 1. The van der Waals surface area contributed by atoms with Crippen molar-refractivity contribution >= 4 is 18.3 Å². The van der Waals surface area contributed by atoms with Crippen molar-refractivity contribution in [3.05, 3.63) is 0 Å². The molecule has 1 heterocycles. The van der Waals surface area contributed by atoms with Crippen molar-refractivity contribution in [3.8, 4) is 0 Å². The van der Waals surface area contributed by atoms with E-state index in [1.807, 2.05) is 0 Å². The van der Waals surface area contributed by atoms with Crippen LogP contribution in [0.2, 0.25) is 0 Å². The van der Waals surface area contributed by atoms with Gasteiger partial charge in [-0.2, -0.15) is 0 Å². The van der Waals surface area contributed by atoms with Gasteiger partial charge in [0.25, 0.3) is 6.47 Å². The van der Waals surface area contributed by atoms with Crippen LogP contribution in [-0.2, 0) is 19.1 Å². The normalized spacial score (nSPS) is 19.8. The average molecular weight is 229 g/mol. The van der Waals surface area contributed by atoms with Crippen LogP contribution in [0.4, 0.5) is 0 Å². The lowest BCUT2D eigenvalue weighted by Crippen LogP contribution is -2.53. The van der Waals surface area contributed by atoms with Crippen LogP contribution >= 0.6 is 0 Å². The molecule has 1 aliphatic rings. The monoisotopic (exact) mass is 229 g/mol. The maximum atomic E-state index is 11.5. The Hall–Kier alpha value is -1.43. The molecule has 90 valence electrons. The molecule has 0 saturated carbocycles. The van der Waals surface area contributed by atoms with Crippen LogP contribution < -0.4 is 0 Å². The highest BCUT2D eigenvalue weighted by molar-refractivity contribution is 6.02. The van der Waals surface area contributed by atoms with Gasteiger partial charge in [0.1, 0.15) is 6.61 Å². The Morgan fingerprint density at radius 3 is 2.44 bits per heavy atom. The molecule has 2 amide bonds. The minimum absolute atomic E-state index is 0.0888. The van der Waals surface area contributed by atoms with Gasteiger partial charge in [-0.05, 0) is 13.3 Å². The molecule has 1 unspecified atom stereocenters. The molecule has 1 atom stereocenters. The summed E-state index contributed by atoms with van der Waals surface area (Å²) in [6.45, 7) is 1.61.